The number of amides is 2. The van der Waals surface area contributed by atoms with Gasteiger partial charge in [-0.05, 0) is 30.9 Å². The van der Waals surface area contributed by atoms with Crippen LogP contribution in [0, 0.1) is 5.92 Å². The Bertz CT molecular complexity index is 520. The molecule has 2 saturated heterocycles. The molecule has 0 aromatic heterocycles. The standard InChI is InChI=1S/C16H20N2O2S/c19-15-7-6-14(17-15)16(20)18-9-8-12(10-18)11-21-13-4-2-1-3-5-13/h1-5,12,14H,6-11H2,(H,17,19)/t12-,14-/m1/s1. The fourth-order valence-corrected chi connectivity index (χ4v) is 3.97. The van der Waals surface area contributed by atoms with E-state index in [0.29, 0.717) is 18.8 Å². The van der Waals surface area contributed by atoms with Crippen molar-refractivity contribution in [1.29, 1.82) is 0 Å². The van der Waals surface area contributed by atoms with Gasteiger partial charge in [0.25, 0.3) is 0 Å². The van der Waals surface area contributed by atoms with E-state index in [9.17, 15) is 9.59 Å². The van der Waals surface area contributed by atoms with E-state index in [2.05, 4.69) is 29.6 Å². The molecule has 2 heterocycles. The predicted molar refractivity (Wildman–Crippen MR) is 83.0 cm³/mol. The van der Waals surface area contributed by atoms with E-state index in [-0.39, 0.29) is 17.9 Å². The van der Waals surface area contributed by atoms with Crippen molar-refractivity contribution in [2.45, 2.75) is 30.2 Å². The molecular formula is C16H20N2O2S. The summed E-state index contributed by atoms with van der Waals surface area (Å²) in [5.41, 5.74) is 0. The zero-order chi connectivity index (χ0) is 14.7. The summed E-state index contributed by atoms with van der Waals surface area (Å²) in [6.07, 6.45) is 2.20. The molecule has 2 amide bonds. The normalized spacial score (nSPS) is 25.1. The van der Waals surface area contributed by atoms with Crippen LogP contribution in [0.3, 0.4) is 0 Å². The maximum atomic E-state index is 12.3. The van der Waals surface area contributed by atoms with E-state index >= 15 is 0 Å². The van der Waals surface area contributed by atoms with Crippen LogP contribution in [0.5, 0.6) is 0 Å². The summed E-state index contributed by atoms with van der Waals surface area (Å²) in [4.78, 5) is 26.7. The number of hydrogen-bond donors (Lipinski definition) is 1. The van der Waals surface area contributed by atoms with Gasteiger partial charge >= 0.3 is 0 Å². The molecule has 1 aromatic rings. The molecule has 0 unspecified atom stereocenters. The first kappa shape index (κ1) is 14.4. The number of carbonyl (C=O) groups excluding carboxylic acids is 2. The Balaban J connectivity index is 1.47. The van der Waals surface area contributed by atoms with Crippen molar-refractivity contribution in [2.24, 2.45) is 5.92 Å². The molecule has 1 aromatic carbocycles. The van der Waals surface area contributed by atoms with Crippen LogP contribution in [-0.4, -0.2) is 41.6 Å². The number of rotatable bonds is 4. The van der Waals surface area contributed by atoms with E-state index < -0.39 is 0 Å². The molecule has 112 valence electrons. The third-order valence-corrected chi connectivity index (χ3v) is 5.36. The van der Waals surface area contributed by atoms with Gasteiger partial charge < -0.3 is 10.2 Å². The molecule has 0 bridgehead atoms. The van der Waals surface area contributed by atoms with Crippen LogP contribution in [0.15, 0.2) is 35.2 Å². The number of hydrogen-bond acceptors (Lipinski definition) is 3. The summed E-state index contributed by atoms with van der Waals surface area (Å²) in [7, 11) is 0. The van der Waals surface area contributed by atoms with Gasteiger partial charge in [0.05, 0.1) is 0 Å². The smallest absolute Gasteiger partial charge is 0.245 e. The molecule has 5 heteroatoms. The van der Waals surface area contributed by atoms with Crippen molar-refractivity contribution >= 4 is 23.6 Å². The van der Waals surface area contributed by atoms with Crippen LogP contribution in [0.1, 0.15) is 19.3 Å². The Morgan fingerprint density at radius 3 is 2.81 bits per heavy atom. The Hall–Kier alpha value is -1.49. The lowest BCUT2D eigenvalue weighted by atomic mass is 10.1. The highest BCUT2D eigenvalue weighted by Crippen LogP contribution is 2.26. The van der Waals surface area contributed by atoms with Crippen LogP contribution in [0.25, 0.3) is 0 Å². The van der Waals surface area contributed by atoms with E-state index in [0.717, 1.165) is 25.3 Å². The maximum absolute atomic E-state index is 12.3. The number of carbonyl (C=O) groups is 2. The first-order valence-electron chi connectivity index (χ1n) is 7.48. The molecule has 2 aliphatic heterocycles. The minimum absolute atomic E-state index is 0.00345. The molecule has 0 spiro atoms. The molecule has 2 fully saturated rings. The summed E-state index contributed by atoms with van der Waals surface area (Å²) in [5.74, 6) is 1.71. The monoisotopic (exact) mass is 304 g/mol. The highest BCUT2D eigenvalue weighted by Gasteiger charge is 2.34. The second-order valence-electron chi connectivity index (χ2n) is 5.72. The van der Waals surface area contributed by atoms with Gasteiger partial charge in [-0.2, -0.15) is 0 Å². The Morgan fingerprint density at radius 2 is 2.10 bits per heavy atom. The first-order chi connectivity index (χ1) is 10.2. The van der Waals surface area contributed by atoms with Gasteiger partial charge in [-0.15, -0.1) is 11.8 Å². The minimum Gasteiger partial charge on any atom is -0.344 e. The van der Waals surface area contributed by atoms with Gasteiger partial charge in [0.1, 0.15) is 6.04 Å². The molecular weight excluding hydrogens is 284 g/mol. The van der Waals surface area contributed by atoms with E-state index in [1.54, 1.807) is 0 Å². The van der Waals surface area contributed by atoms with Crippen LogP contribution in [-0.2, 0) is 9.59 Å². The topological polar surface area (TPSA) is 49.4 Å². The van der Waals surface area contributed by atoms with Gasteiger partial charge in [-0.1, -0.05) is 18.2 Å². The Kier molecular flexibility index (Phi) is 4.48. The number of likely N-dealkylation sites (tertiary alicyclic amines) is 1. The van der Waals surface area contributed by atoms with Crippen LogP contribution in [0.2, 0.25) is 0 Å². The molecule has 0 aliphatic carbocycles. The lowest BCUT2D eigenvalue weighted by Crippen LogP contribution is -2.43. The van der Waals surface area contributed by atoms with Gasteiger partial charge in [0, 0.05) is 30.2 Å². The SMILES string of the molecule is O=C1CC[C@H](C(=O)N2CC[C@@H](CSc3ccccc3)C2)N1. The van der Waals surface area contributed by atoms with Crippen molar-refractivity contribution in [3.8, 4) is 0 Å². The van der Waals surface area contributed by atoms with Crippen molar-refractivity contribution in [1.82, 2.24) is 10.2 Å². The fourth-order valence-electron chi connectivity index (χ4n) is 2.92. The van der Waals surface area contributed by atoms with Crippen molar-refractivity contribution < 1.29 is 9.59 Å². The number of nitrogens with zero attached hydrogens (tertiary/aromatic N) is 1. The molecule has 2 atom stereocenters. The number of benzene rings is 1. The maximum Gasteiger partial charge on any atom is 0.245 e. The highest BCUT2D eigenvalue weighted by molar-refractivity contribution is 7.99. The average molecular weight is 304 g/mol. The average Bonchev–Trinajstić information content (AvgIpc) is 3.14. The summed E-state index contributed by atoms with van der Waals surface area (Å²) < 4.78 is 0. The second kappa shape index (κ2) is 6.52. The minimum atomic E-state index is -0.280. The number of nitrogens with one attached hydrogen (secondary N) is 1. The van der Waals surface area contributed by atoms with Crippen molar-refractivity contribution in [2.75, 3.05) is 18.8 Å². The molecule has 2 aliphatic rings. The van der Waals surface area contributed by atoms with Crippen LogP contribution in [0.4, 0.5) is 0 Å². The first-order valence-corrected chi connectivity index (χ1v) is 8.47. The van der Waals surface area contributed by atoms with Crippen molar-refractivity contribution in [3.05, 3.63) is 30.3 Å². The molecule has 21 heavy (non-hydrogen) atoms. The Morgan fingerprint density at radius 1 is 1.29 bits per heavy atom. The zero-order valence-electron chi connectivity index (χ0n) is 12.0. The quantitative estimate of drug-likeness (QED) is 0.865. The van der Waals surface area contributed by atoms with Crippen molar-refractivity contribution in [3.63, 3.8) is 0 Å². The summed E-state index contributed by atoms with van der Waals surface area (Å²) in [5, 5.41) is 2.77. The fraction of sp³-hybridized carbons (Fsp3) is 0.500. The van der Waals surface area contributed by atoms with Gasteiger partial charge in [0.15, 0.2) is 0 Å². The van der Waals surface area contributed by atoms with E-state index in [1.807, 2.05) is 22.7 Å². The molecule has 1 N–H and O–H groups in total. The summed E-state index contributed by atoms with van der Waals surface area (Å²) in [6.45, 7) is 1.65. The lowest BCUT2D eigenvalue weighted by molar-refractivity contribution is -0.133. The van der Waals surface area contributed by atoms with E-state index in [4.69, 9.17) is 0 Å². The predicted octanol–water partition coefficient (Wildman–Crippen LogP) is 1.91. The molecule has 4 nitrogen and oxygen atoms in total. The van der Waals surface area contributed by atoms with Crippen LogP contribution < -0.4 is 5.32 Å². The van der Waals surface area contributed by atoms with Crippen LogP contribution >= 0.6 is 11.8 Å². The third kappa shape index (κ3) is 3.59. The molecule has 0 radical (unpaired) electrons. The highest BCUT2D eigenvalue weighted by atomic mass is 32.2. The van der Waals surface area contributed by atoms with Gasteiger partial charge in [-0.25, -0.2) is 0 Å². The second-order valence-corrected chi connectivity index (χ2v) is 6.82. The lowest BCUT2D eigenvalue weighted by Gasteiger charge is -2.20. The summed E-state index contributed by atoms with van der Waals surface area (Å²) >= 11 is 1.86. The van der Waals surface area contributed by atoms with Gasteiger partial charge in [0.2, 0.25) is 11.8 Å². The largest absolute Gasteiger partial charge is 0.344 e. The number of thioether (sulfide) groups is 1. The summed E-state index contributed by atoms with van der Waals surface area (Å²) in [6, 6.07) is 10.1. The zero-order valence-corrected chi connectivity index (χ0v) is 12.8. The third-order valence-electron chi connectivity index (χ3n) is 4.12. The molecule has 3 rings (SSSR count). The van der Waals surface area contributed by atoms with Gasteiger partial charge in [-0.3, -0.25) is 9.59 Å². The van der Waals surface area contributed by atoms with E-state index in [1.165, 1.54) is 4.90 Å². The molecule has 0 saturated carbocycles. The Labute approximate surface area is 129 Å².